The number of hydrogen-bond donors (Lipinski definition) is 0. The summed E-state index contributed by atoms with van der Waals surface area (Å²) in [5.74, 6) is 0.701. The lowest BCUT2D eigenvalue weighted by molar-refractivity contribution is -0.131. The summed E-state index contributed by atoms with van der Waals surface area (Å²) in [5, 5.41) is 11.0. The zero-order valence-corrected chi connectivity index (χ0v) is 21.6. The monoisotopic (exact) mass is 514 g/mol. The van der Waals surface area contributed by atoms with Crippen molar-refractivity contribution in [2.75, 3.05) is 10.7 Å². The number of fused-ring (bicyclic) bond motifs is 4. The van der Waals surface area contributed by atoms with Crippen LogP contribution < -0.4 is 14.4 Å². The van der Waals surface area contributed by atoms with E-state index in [1.165, 1.54) is 25.6 Å². The topological polar surface area (TPSA) is 94.5 Å². The quantitative estimate of drug-likeness (QED) is 0.135. The minimum absolute atomic E-state index is 0.252. The molecule has 1 aromatic heterocycles. The van der Waals surface area contributed by atoms with Gasteiger partial charge < -0.3 is 9.47 Å². The number of nitrogens with zero attached hydrogens (tertiary/aromatic N) is 4. The first-order valence-corrected chi connectivity index (χ1v) is 13.1. The van der Waals surface area contributed by atoms with E-state index in [-0.39, 0.29) is 11.8 Å². The Hall–Kier alpha value is -3.98. The third-order valence-electron chi connectivity index (χ3n) is 6.01. The molecular formula is C28H26N4O4S. The molecule has 1 atom stereocenters. The molecule has 37 heavy (non-hydrogen) atoms. The molecule has 5 rings (SSSR count). The Labute approximate surface area is 219 Å². The Bertz CT molecular complexity index is 1490. The van der Waals surface area contributed by atoms with Gasteiger partial charge >= 0.3 is 5.97 Å². The summed E-state index contributed by atoms with van der Waals surface area (Å²) >= 11 is 1.51. The van der Waals surface area contributed by atoms with Gasteiger partial charge in [-0.3, -0.25) is 14.5 Å². The second-order valence-corrected chi connectivity index (χ2v) is 9.68. The Morgan fingerprint density at radius 2 is 1.81 bits per heavy atom. The molecule has 1 aliphatic rings. The van der Waals surface area contributed by atoms with Crippen molar-refractivity contribution in [3.63, 3.8) is 0 Å². The predicted octanol–water partition coefficient (Wildman–Crippen LogP) is 5.95. The molecule has 1 aliphatic heterocycles. The fourth-order valence-electron chi connectivity index (χ4n) is 4.38. The molecule has 9 heteroatoms. The Balaban J connectivity index is 1.76. The highest BCUT2D eigenvalue weighted by Crippen LogP contribution is 2.46. The highest BCUT2D eigenvalue weighted by atomic mass is 32.2. The highest BCUT2D eigenvalue weighted by molar-refractivity contribution is 7.99. The van der Waals surface area contributed by atoms with Crippen molar-refractivity contribution in [3.8, 4) is 22.9 Å². The van der Waals surface area contributed by atoms with E-state index in [4.69, 9.17) is 14.5 Å². The van der Waals surface area contributed by atoms with E-state index >= 15 is 0 Å². The van der Waals surface area contributed by atoms with Gasteiger partial charge in [0.15, 0.2) is 5.69 Å². The van der Waals surface area contributed by atoms with Gasteiger partial charge in [0.2, 0.25) is 23.2 Å². The Kier molecular flexibility index (Phi) is 7.05. The van der Waals surface area contributed by atoms with Crippen LogP contribution in [0.15, 0.2) is 65.8 Å². The molecule has 0 bridgehead atoms. The molecule has 1 amide bonds. The maximum atomic E-state index is 13.2. The number of esters is 1. The Morgan fingerprint density at radius 1 is 1.03 bits per heavy atom. The van der Waals surface area contributed by atoms with Crippen molar-refractivity contribution in [3.05, 3.63) is 66.2 Å². The minimum atomic E-state index is -0.981. The van der Waals surface area contributed by atoms with Crippen LogP contribution in [0.4, 0.5) is 5.69 Å². The van der Waals surface area contributed by atoms with Crippen LogP contribution >= 0.6 is 11.8 Å². The second-order valence-electron chi connectivity index (χ2n) is 8.62. The molecule has 3 aromatic carbocycles. The second kappa shape index (κ2) is 10.6. The van der Waals surface area contributed by atoms with Crippen LogP contribution in [0.3, 0.4) is 0 Å². The van der Waals surface area contributed by atoms with Crippen molar-refractivity contribution < 1.29 is 19.1 Å². The van der Waals surface area contributed by atoms with Gasteiger partial charge in [-0.05, 0) is 29.3 Å². The zero-order chi connectivity index (χ0) is 25.9. The maximum absolute atomic E-state index is 13.2. The fraction of sp³-hybridized carbons (Fsp3) is 0.250. The predicted molar refractivity (Wildman–Crippen MR) is 143 cm³/mol. The number of benzene rings is 3. The van der Waals surface area contributed by atoms with E-state index in [1.807, 2.05) is 54.6 Å². The van der Waals surface area contributed by atoms with Crippen molar-refractivity contribution in [1.29, 1.82) is 0 Å². The molecule has 2 heterocycles. The molecule has 0 saturated carbocycles. The molecule has 0 unspecified atom stereocenters. The van der Waals surface area contributed by atoms with E-state index in [0.29, 0.717) is 33.4 Å². The number of amides is 1. The number of hydrogen-bond acceptors (Lipinski definition) is 8. The number of anilines is 1. The minimum Gasteiger partial charge on any atom is -0.447 e. The Morgan fingerprint density at radius 3 is 2.59 bits per heavy atom. The SMILES string of the molecule is CCCCSc1nnc2c(n1)O[C@@H](c1c(OC(C)=O)ccc3ccccc13)N(C(C)=O)c1ccccc1-2. The summed E-state index contributed by atoms with van der Waals surface area (Å²) in [6.07, 6.45) is 1.10. The number of unbranched alkanes of at least 4 members (excludes halogenated alkanes) is 1. The molecule has 0 N–H and O–H groups in total. The standard InChI is InChI=1S/C28H26N4O4S/c1-4-5-16-37-28-29-26-25(30-31-28)21-12-8-9-13-22(21)32(17(2)33)27(36-26)24-20-11-7-6-10-19(20)14-15-23(24)35-18(3)34/h6-15,27H,4-5,16H2,1-3H3/t27-/m0/s1. The summed E-state index contributed by atoms with van der Waals surface area (Å²) in [7, 11) is 0. The van der Waals surface area contributed by atoms with Crippen molar-refractivity contribution >= 4 is 40.1 Å². The number of aromatic nitrogens is 3. The van der Waals surface area contributed by atoms with E-state index < -0.39 is 12.2 Å². The molecule has 0 aliphatic carbocycles. The fourth-order valence-corrected chi connectivity index (χ4v) is 5.25. The zero-order valence-electron chi connectivity index (χ0n) is 20.8. The third-order valence-corrected chi connectivity index (χ3v) is 6.94. The number of thioether (sulfide) groups is 1. The van der Waals surface area contributed by atoms with Gasteiger partial charge in [0.25, 0.3) is 0 Å². The van der Waals surface area contributed by atoms with Crippen LogP contribution in [-0.4, -0.2) is 32.8 Å². The maximum Gasteiger partial charge on any atom is 0.308 e. The van der Waals surface area contributed by atoms with Crippen molar-refractivity contribution in [2.24, 2.45) is 0 Å². The summed E-state index contributed by atoms with van der Waals surface area (Å²) in [6, 6.07) is 18.7. The summed E-state index contributed by atoms with van der Waals surface area (Å²) in [4.78, 5) is 31.6. The van der Waals surface area contributed by atoms with E-state index in [9.17, 15) is 9.59 Å². The van der Waals surface area contributed by atoms with Crippen LogP contribution in [-0.2, 0) is 9.59 Å². The number of carbonyl (C=O) groups is 2. The van der Waals surface area contributed by atoms with Crippen LogP contribution in [0, 0.1) is 0 Å². The van der Waals surface area contributed by atoms with Crippen LogP contribution in [0.5, 0.6) is 11.6 Å². The van der Waals surface area contributed by atoms with Gasteiger partial charge in [-0.2, -0.15) is 4.98 Å². The highest BCUT2D eigenvalue weighted by Gasteiger charge is 2.37. The molecule has 8 nitrogen and oxygen atoms in total. The molecular weight excluding hydrogens is 488 g/mol. The van der Waals surface area contributed by atoms with Gasteiger partial charge in [0.1, 0.15) is 5.75 Å². The van der Waals surface area contributed by atoms with Gasteiger partial charge in [0, 0.05) is 25.2 Å². The van der Waals surface area contributed by atoms with Crippen molar-refractivity contribution in [2.45, 2.75) is 45.0 Å². The average molecular weight is 515 g/mol. The number of carbonyl (C=O) groups excluding carboxylic acids is 2. The van der Waals surface area contributed by atoms with Crippen LogP contribution in [0.2, 0.25) is 0 Å². The molecule has 188 valence electrons. The van der Waals surface area contributed by atoms with E-state index in [2.05, 4.69) is 17.1 Å². The third kappa shape index (κ3) is 4.86. The van der Waals surface area contributed by atoms with Crippen LogP contribution in [0.25, 0.3) is 22.0 Å². The molecule has 0 spiro atoms. The van der Waals surface area contributed by atoms with Crippen molar-refractivity contribution in [1.82, 2.24) is 15.2 Å². The first kappa shape index (κ1) is 24.7. The van der Waals surface area contributed by atoms with E-state index in [1.54, 1.807) is 11.0 Å². The van der Waals surface area contributed by atoms with Gasteiger partial charge in [0.05, 0.1) is 11.3 Å². The first-order chi connectivity index (χ1) is 18.0. The van der Waals surface area contributed by atoms with Gasteiger partial charge in [-0.25, -0.2) is 0 Å². The molecule has 0 saturated heterocycles. The normalized spacial score (nSPS) is 14.4. The largest absolute Gasteiger partial charge is 0.447 e. The van der Waals surface area contributed by atoms with Gasteiger partial charge in [-0.15, -0.1) is 10.2 Å². The molecule has 4 aromatic rings. The van der Waals surface area contributed by atoms with E-state index in [0.717, 1.165) is 29.4 Å². The summed E-state index contributed by atoms with van der Waals surface area (Å²) in [5.41, 5.74) is 2.26. The smallest absolute Gasteiger partial charge is 0.308 e. The first-order valence-electron chi connectivity index (χ1n) is 12.1. The van der Waals surface area contributed by atoms with Gasteiger partial charge in [-0.1, -0.05) is 73.6 Å². The summed E-state index contributed by atoms with van der Waals surface area (Å²) in [6.45, 7) is 4.95. The number of rotatable bonds is 6. The lowest BCUT2D eigenvalue weighted by Gasteiger charge is -2.31. The van der Waals surface area contributed by atoms with Crippen LogP contribution in [0.1, 0.15) is 45.4 Å². The lowest BCUT2D eigenvalue weighted by Crippen LogP contribution is -2.36. The number of para-hydroxylation sites is 1. The molecule has 0 radical (unpaired) electrons. The molecule has 0 fully saturated rings. The lowest BCUT2D eigenvalue weighted by atomic mass is 10.0. The summed E-state index contributed by atoms with van der Waals surface area (Å²) < 4.78 is 12.2. The average Bonchev–Trinajstić information content (AvgIpc) is 3.02. The number of ether oxygens (including phenoxy) is 2.